The molecule has 0 heterocycles. The van der Waals surface area contributed by atoms with Crippen molar-refractivity contribution in [1.29, 1.82) is 0 Å². The molecule has 0 aromatic heterocycles. The Morgan fingerprint density at radius 1 is 1.25 bits per heavy atom. The highest BCUT2D eigenvalue weighted by molar-refractivity contribution is 9.10. The summed E-state index contributed by atoms with van der Waals surface area (Å²) in [7, 11) is 0. The van der Waals surface area contributed by atoms with E-state index in [2.05, 4.69) is 21.2 Å². The number of rotatable bonds is 4. The smallest absolute Gasteiger partial charge is 0.270 e. The molecule has 0 bridgehead atoms. The van der Waals surface area contributed by atoms with Crippen molar-refractivity contribution < 1.29 is 9.31 Å². The summed E-state index contributed by atoms with van der Waals surface area (Å²) in [5.41, 5.74) is 1.70. The zero-order chi connectivity index (χ0) is 14.7. The lowest BCUT2D eigenvalue weighted by Gasteiger charge is -2.16. The van der Waals surface area contributed by atoms with E-state index in [9.17, 15) is 14.5 Å². The van der Waals surface area contributed by atoms with Crippen LogP contribution in [0, 0.1) is 15.9 Å². The van der Waals surface area contributed by atoms with Gasteiger partial charge in [0.15, 0.2) is 0 Å². The lowest BCUT2D eigenvalue weighted by molar-refractivity contribution is -0.384. The van der Waals surface area contributed by atoms with Gasteiger partial charge in [-0.05, 0) is 46.6 Å². The summed E-state index contributed by atoms with van der Waals surface area (Å²) in [5.74, 6) is -0.280. The minimum atomic E-state index is -0.446. The Balaban J connectivity index is 2.17. The maximum atomic E-state index is 12.9. The first kappa shape index (κ1) is 14.5. The predicted octanol–water partition coefficient (Wildman–Crippen LogP) is 4.67. The van der Waals surface area contributed by atoms with Crippen molar-refractivity contribution in [3.63, 3.8) is 0 Å². The zero-order valence-corrected chi connectivity index (χ0v) is 12.2. The molecule has 1 atom stereocenters. The largest absolute Gasteiger partial charge is 0.378 e. The van der Waals surface area contributed by atoms with Crippen molar-refractivity contribution in [1.82, 2.24) is 0 Å². The molecule has 0 fully saturated rings. The van der Waals surface area contributed by atoms with Gasteiger partial charge >= 0.3 is 0 Å². The lowest BCUT2D eigenvalue weighted by Crippen LogP contribution is -2.07. The van der Waals surface area contributed by atoms with Crippen molar-refractivity contribution in [2.24, 2.45) is 0 Å². The third-order valence-corrected chi connectivity index (χ3v) is 3.56. The minimum Gasteiger partial charge on any atom is -0.378 e. The highest BCUT2D eigenvalue weighted by Crippen LogP contribution is 2.30. The van der Waals surface area contributed by atoms with Crippen LogP contribution in [0.1, 0.15) is 18.5 Å². The first-order chi connectivity index (χ1) is 9.47. The van der Waals surface area contributed by atoms with Crippen molar-refractivity contribution in [2.45, 2.75) is 13.0 Å². The van der Waals surface area contributed by atoms with Gasteiger partial charge in [0.25, 0.3) is 5.69 Å². The fourth-order valence-electron chi connectivity index (χ4n) is 1.80. The normalized spacial score (nSPS) is 11.9. The van der Waals surface area contributed by atoms with Crippen molar-refractivity contribution in [2.75, 3.05) is 5.32 Å². The molecule has 0 aliphatic carbocycles. The van der Waals surface area contributed by atoms with E-state index in [1.165, 1.54) is 24.3 Å². The van der Waals surface area contributed by atoms with Crippen LogP contribution in [0.3, 0.4) is 0 Å². The topological polar surface area (TPSA) is 55.2 Å². The van der Waals surface area contributed by atoms with Crippen molar-refractivity contribution >= 4 is 27.3 Å². The molecule has 0 aliphatic heterocycles. The molecule has 1 N–H and O–H groups in total. The van der Waals surface area contributed by atoms with Gasteiger partial charge in [-0.25, -0.2) is 4.39 Å². The predicted molar refractivity (Wildman–Crippen MR) is 79.2 cm³/mol. The van der Waals surface area contributed by atoms with E-state index in [4.69, 9.17) is 0 Å². The van der Waals surface area contributed by atoms with E-state index in [-0.39, 0.29) is 17.5 Å². The van der Waals surface area contributed by atoms with Crippen LogP contribution in [-0.4, -0.2) is 4.92 Å². The zero-order valence-electron chi connectivity index (χ0n) is 10.6. The molecule has 0 radical (unpaired) electrons. The fourth-order valence-corrected chi connectivity index (χ4v) is 2.28. The van der Waals surface area contributed by atoms with Crippen LogP contribution in [0.5, 0.6) is 0 Å². The molecular formula is C14H12BrFN2O2. The second kappa shape index (κ2) is 6.00. The number of halogens is 2. The van der Waals surface area contributed by atoms with E-state index < -0.39 is 4.92 Å². The summed E-state index contributed by atoms with van der Waals surface area (Å²) in [5, 5.41) is 13.9. The maximum absolute atomic E-state index is 12.9. The molecule has 0 saturated carbocycles. The highest BCUT2D eigenvalue weighted by atomic mass is 79.9. The number of nitro groups is 1. The molecule has 2 rings (SSSR count). The third-order valence-electron chi connectivity index (χ3n) is 2.91. The van der Waals surface area contributed by atoms with E-state index >= 15 is 0 Å². The van der Waals surface area contributed by atoms with Crippen molar-refractivity contribution in [3.8, 4) is 0 Å². The summed E-state index contributed by atoms with van der Waals surface area (Å²) in [6.07, 6.45) is 0. The first-order valence-corrected chi connectivity index (χ1v) is 6.72. The molecule has 104 valence electrons. The van der Waals surface area contributed by atoms with Gasteiger partial charge in [-0.2, -0.15) is 0 Å². The average molecular weight is 339 g/mol. The van der Waals surface area contributed by atoms with Gasteiger partial charge in [0.2, 0.25) is 0 Å². The molecule has 0 spiro atoms. The third kappa shape index (κ3) is 3.33. The number of hydrogen-bond donors (Lipinski definition) is 1. The lowest BCUT2D eigenvalue weighted by atomic mass is 10.1. The molecular weight excluding hydrogens is 327 g/mol. The van der Waals surface area contributed by atoms with Gasteiger partial charge in [-0.1, -0.05) is 12.1 Å². The average Bonchev–Trinajstić information content (AvgIpc) is 2.41. The molecule has 1 unspecified atom stereocenters. The summed E-state index contributed by atoms with van der Waals surface area (Å²) in [4.78, 5) is 10.2. The second-order valence-corrected chi connectivity index (χ2v) is 5.19. The highest BCUT2D eigenvalue weighted by Gasteiger charge is 2.11. The number of nitro benzene ring substituents is 1. The van der Waals surface area contributed by atoms with E-state index in [1.807, 2.05) is 6.92 Å². The molecule has 0 amide bonds. The Labute approximate surface area is 123 Å². The molecule has 20 heavy (non-hydrogen) atoms. The molecule has 6 heteroatoms. The van der Waals surface area contributed by atoms with Gasteiger partial charge in [0.05, 0.1) is 4.92 Å². The van der Waals surface area contributed by atoms with E-state index in [0.717, 1.165) is 11.3 Å². The van der Waals surface area contributed by atoms with Gasteiger partial charge in [0.1, 0.15) is 5.82 Å². The summed E-state index contributed by atoms with van der Waals surface area (Å²) in [6.45, 7) is 1.93. The molecule has 0 saturated heterocycles. The monoisotopic (exact) mass is 338 g/mol. The van der Waals surface area contributed by atoms with E-state index in [1.54, 1.807) is 18.2 Å². The first-order valence-electron chi connectivity index (χ1n) is 5.93. The second-order valence-electron chi connectivity index (χ2n) is 4.34. The number of benzene rings is 2. The maximum Gasteiger partial charge on any atom is 0.270 e. The minimum absolute atomic E-state index is 0.0249. The Morgan fingerprint density at radius 3 is 2.45 bits per heavy atom. The van der Waals surface area contributed by atoms with Crippen LogP contribution < -0.4 is 5.32 Å². The summed E-state index contributed by atoms with van der Waals surface area (Å²) >= 11 is 3.30. The Kier molecular flexibility index (Phi) is 4.34. The number of nitrogens with one attached hydrogen (secondary N) is 1. The van der Waals surface area contributed by atoms with Gasteiger partial charge in [0, 0.05) is 28.3 Å². The van der Waals surface area contributed by atoms with Crippen LogP contribution in [-0.2, 0) is 0 Å². The number of hydrogen-bond acceptors (Lipinski definition) is 3. The van der Waals surface area contributed by atoms with E-state index in [0.29, 0.717) is 4.47 Å². The number of non-ortho nitro benzene ring substituents is 1. The van der Waals surface area contributed by atoms with Crippen LogP contribution in [0.15, 0.2) is 46.9 Å². The Morgan fingerprint density at radius 2 is 1.90 bits per heavy atom. The SMILES string of the molecule is CC(Nc1ccc([N+](=O)[O-])cc1Br)c1ccc(F)cc1. The molecule has 2 aromatic carbocycles. The van der Waals surface area contributed by atoms with Crippen LogP contribution >= 0.6 is 15.9 Å². The molecule has 0 aliphatic rings. The summed E-state index contributed by atoms with van der Waals surface area (Å²) in [6, 6.07) is 10.7. The quantitative estimate of drug-likeness (QED) is 0.651. The number of nitrogens with zero attached hydrogens (tertiary/aromatic N) is 1. The van der Waals surface area contributed by atoms with Crippen molar-refractivity contribution in [3.05, 3.63) is 68.4 Å². The Bertz CT molecular complexity index is 632. The standard InChI is InChI=1S/C14H12BrFN2O2/c1-9(10-2-4-11(16)5-3-10)17-14-7-6-12(18(19)20)8-13(14)15/h2-9,17H,1H3. The van der Waals surface area contributed by atoms with Gasteiger partial charge in [-0.15, -0.1) is 0 Å². The van der Waals surface area contributed by atoms with Crippen LogP contribution in [0.4, 0.5) is 15.8 Å². The molecule has 2 aromatic rings. The Hall–Kier alpha value is -1.95. The molecule has 4 nitrogen and oxygen atoms in total. The van der Waals surface area contributed by atoms with Gasteiger partial charge in [-0.3, -0.25) is 10.1 Å². The van der Waals surface area contributed by atoms with Crippen LogP contribution in [0.2, 0.25) is 0 Å². The summed E-state index contributed by atoms with van der Waals surface area (Å²) < 4.78 is 13.5. The van der Waals surface area contributed by atoms with Crippen LogP contribution in [0.25, 0.3) is 0 Å². The van der Waals surface area contributed by atoms with Gasteiger partial charge < -0.3 is 5.32 Å². The number of anilines is 1. The fraction of sp³-hybridized carbons (Fsp3) is 0.143.